The van der Waals surface area contributed by atoms with E-state index in [0.717, 1.165) is 5.69 Å². The Bertz CT molecular complexity index is 466. The average molecular weight is 167 g/mol. The van der Waals surface area contributed by atoms with E-state index in [1.165, 1.54) is 10.8 Å². The van der Waals surface area contributed by atoms with Crippen LogP contribution >= 0.6 is 0 Å². The largest absolute Gasteiger partial charge is 0.315 e. The molecule has 1 heteroatoms. The lowest BCUT2D eigenvalue weighted by Gasteiger charge is -2.00. The minimum absolute atomic E-state index is 0.959. The van der Waals surface area contributed by atoms with E-state index in [2.05, 4.69) is 29.6 Å². The predicted octanol–water partition coefficient (Wildman–Crippen LogP) is 2.84. The third kappa shape index (κ3) is 1.47. The molecule has 0 amide bonds. The molecule has 0 fully saturated rings. The van der Waals surface area contributed by atoms with Crippen LogP contribution in [-0.4, -0.2) is 0 Å². The normalized spacial score (nSPS) is 9.46. The SMILES string of the molecule is C#CNc1ccc2ccccc2c1. The molecule has 0 aliphatic carbocycles. The number of terminal acetylenes is 1. The second kappa shape index (κ2) is 3.20. The third-order valence-electron chi connectivity index (χ3n) is 1.97. The van der Waals surface area contributed by atoms with Crippen molar-refractivity contribution in [3.8, 4) is 12.5 Å². The van der Waals surface area contributed by atoms with Gasteiger partial charge in [0.25, 0.3) is 0 Å². The first-order valence-corrected chi connectivity index (χ1v) is 4.10. The fraction of sp³-hybridized carbons (Fsp3) is 0. The number of fused-ring (bicyclic) bond motifs is 1. The monoisotopic (exact) mass is 167 g/mol. The quantitative estimate of drug-likeness (QED) is 0.508. The van der Waals surface area contributed by atoms with Gasteiger partial charge < -0.3 is 5.32 Å². The molecule has 0 bridgehead atoms. The van der Waals surface area contributed by atoms with E-state index in [1.54, 1.807) is 0 Å². The molecular weight excluding hydrogens is 158 g/mol. The van der Waals surface area contributed by atoms with Gasteiger partial charge in [-0.05, 0) is 22.9 Å². The van der Waals surface area contributed by atoms with Crippen LogP contribution in [0.1, 0.15) is 0 Å². The minimum Gasteiger partial charge on any atom is -0.315 e. The van der Waals surface area contributed by atoms with E-state index in [0.29, 0.717) is 0 Å². The molecule has 0 aromatic heterocycles. The lowest BCUT2D eigenvalue weighted by Crippen LogP contribution is -1.85. The van der Waals surface area contributed by atoms with Crippen molar-refractivity contribution in [2.45, 2.75) is 0 Å². The van der Waals surface area contributed by atoms with E-state index in [1.807, 2.05) is 24.3 Å². The topological polar surface area (TPSA) is 12.0 Å². The first-order chi connectivity index (χ1) is 6.40. The third-order valence-corrected chi connectivity index (χ3v) is 1.97. The summed E-state index contributed by atoms with van der Waals surface area (Å²) in [5, 5.41) is 5.25. The molecular formula is C12H9N. The number of benzene rings is 2. The maximum Gasteiger partial charge on any atom is 0.0465 e. The van der Waals surface area contributed by atoms with Crippen LogP contribution in [-0.2, 0) is 0 Å². The molecule has 0 aliphatic rings. The van der Waals surface area contributed by atoms with E-state index in [4.69, 9.17) is 6.42 Å². The van der Waals surface area contributed by atoms with Crippen LogP contribution in [0.2, 0.25) is 0 Å². The second-order valence-corrected chi connectivity index (χ2v) is 2.83. The minimum atomic E-state index is 0.959. The van der Waals surface area contributed by atoms with Gasteiger partial charge in [0, 0.05) is 11.7 Å². The van der Waals surface area contributed by atoms with Gasteiger partial charge in [0.05, 0.1) is 0 Å². The van der Waals surface area contributed by atoms with Crippen molar-refractivity contribution in [1.82, 2.24) is 0 Å². The van der Waals surface area contributed by atoms with Gasteiger partial charge in [-0.2, -0.15) is 0 Å². The Labute approximate surface area is 77.4 Å². The highest BCUT2D eigenvalue weighted by molar-refractivity contribution is 5.85. The molecule has 2 rings (SSSR count). The number of rotatable bonds is 1. The van der Waals surface area contributed by atoms with Crippen LogP contribution in [0.5, 0.6) is 0 Å². The van der Waals surface area contributed by atoms with Gasteiger partial charge in [-0.1, -0.05) is 36.8 Å². The summed E-state index contributed by atoms with van der Waals surface area (Å²) in [6.07, 6.45) is 5.14. The van der Waals surface area contributed by atoms with Gasteiger partial charge >= 0.3 is 0 Å². The highest BCUT2D eigenvalue weighted by Crippen LogP contribution is 2.18. The van der Waals surface area contributed by atoms with Gasteiger partial charge in [-0.25, -0.2) is 0 Å². The van der Waals surface area contributed by atoms with Crippen molar-refractivity contribution in [3.63, 3.8) is 0 Å². The molecule has 2 aromatic carbocycles. The van der Waals surface area contributed by atoms with Gasteiger partial charge in [0.1, 0.15) is 0 Å². The summed E-state index contributed by atoms with van der Waals surface area (Å²) in [7, 11) is 0. The number of hydrogen-bond acceptors (Lipinski definition) is 1. The summed E-state index contributed by atoms with van der Waals surface area (Å²) in [4.78, 5) is 0. The highest BCUT2D eigenvalue weighted by Gasteiger charge is 1.92. The molecule has 0 unspecified atom stereocenters. The van der Waals surface area contributed by atoms with Crippen LogP contribution in [0, 0.1) is 12.5 Å². The molecule has 0 atom stereocenters. The molecule has 0 saturated carbocycles. The summed E-state index contributed by atoms with van der Waals surface area (Å²) in [6, 6.07) is 16.6. The summed E-state index contributed by atoms with van der Waals surface area (Å²) >= 11 is 0. The molecule has 1 nitrogen and oxygen atoms in total. The van der Waals surface area contributed by atoms with Crippen molar-refractivity contribution >= 4 is 16.5 Å². The first-order valence-electron chi connectivity index (χ1n) is 4.10. The molecule has 0 radical (unpaired) electrons. The average Bonchev–Trinajstić information content (AvgIpc) is 2.18. The Morgan fingerprint density at radius 3 is 2.54 bits per heavy atom. The standard InChI is InChI=1S/C12H9N/c1-2-13-12-8-7-10-5-3-4-6-11(10)9-12/h1,3-9,13H. The number of anilines is 1. The Morgan fingerprint density at radius 1 is 1.00 bits per heavy atom. The van der Waals surface area contributed by atoms with Crippen molar-refractivity contribution in [2.24, 2.45) is 0 Å². The fourth-order valence-corrected chi connectivity index (χ4v) is 1.35. The Balaban J connectivity index is 2.57. The zero-order valence-electron chi connectivity index (χ0n) is 7.12. The molecule has 62 valence electrons. The summed E-state index contributed by atoms with van der Waals surface area (Å²) in [6.45, 7) is 0. The van der Waals surface area contributed by atoms with Crippen molar-refractivity contribution < 1.29 is 0 Å². The molecule has 2 aromatic rings. The van der Waals surface area contributed by atoms with Gasteiger partial charge in [-0.3, -0.25) is 0 Å². The smallest absolute Gasteiger partial charge is 0.0465 e. The van der Waals surface area contributed by atoms with E-state index < -0.39 is 0 Å². The Morgan fingerprint density at radius 2 is 1.77 bits per heavy atom. The molecule has 0 heterocycles. The van der Waals surface area contributed by atoms with Crippen LogP contribution in [0.4, 0.5) is 5.69 Å². The first kappa shape index (κ1) is 7.70. The summed E-state index contributed by atoms with van der Waals surface area (Å²) in [5.74, 6) is 0. The summed E-state index contributed by atoms with van der Waals surface area (Å²) in [5.41, 5.74) is 0.959. The predicted molar refractivity (Wildman–Crippen MR) is 56.4 cm³/mol. The fourth-order valence-electron chi connectivity index (χ4n) is 1.35. The molecule has 13 heavy (non-hydrogen) atoms. The van der Waals surface area contributed by atoms with E-state index in [9.17, 15) is 0 Å². The lowest BCUT2D eigenvalue weighted by molar-refractivity contribution is 1.67. The van der Waals surface area contributed by atoms with Crippen molar-refractivity contribution in [2.75, 3.05) is 5.32 Å². The molecule has 0 aliphatic heterocycles. The molecule has 0 spiro atoms. The number of hydrogen-bond donors (Lipinski definition) is 1. The van der Waals surface area contributed by atoms with Gasteiger partial charge in [0.15, 0.2) is 0 Å². The zero-order valence-corrected chi connectivity index (χ0v) is 7.12. The van der Waals surface area contributed by atoms with Crippen molar-refractivity contribution in [3.05, 3.63) is 42.5 Å². The number of nitrogens with one attached hydrogen (secondary N) is 1. The zero-order chi connectivity index (χ0) is 9.10. The van der Waals surface area contributed by atoms with Crippen LogP contribution < -0.4 is 5.32 Å². The second-order valence-electron chi connectivity index (χ2n) is 2.83. The van der Waals surface area contributed by atoms with E-state index in [-0.39, 0.29) is 0 Å². The van der Waals surface area contributed by atoms with E-state index >= 15 is 0 Å². The summed E-state index contributed by atoms with van der Waals surface area (Å²) < 4.78 is 0. The van der Waals surface area contributed by atoms with Gasteiger partial charge in [-0.15, -0.1) is 0 Å². The lowest BCUT2D eigenvalue weighted by atomic mass is 10.1. The maximum absolute atomic E-state index is 5.14. The Hall–Kier alpha value is -1.94. The van der Waals surface area contributed by atoms with Crippen LogP contribution in [0.3, 0.4) is 0 Å². The van der Waals surface area contributed by atoms with Crippen molar-refractivity contribution in [1.29, 1.82) is 0 Å². The highest BCUT2D eigenvalue weighted by atomic mass is 14.8. The maximum atomic E-state index is 5.14. The van der Waals surface area contributed by atoms with Gasteiger partial charge in [0.2, 0.25) is 0 Å². The Kier molecular flexibility index (Phi) is 1.90. The molecule has 1 N–H and O–H groups in total. The molecule has 0 saturated heterocycles. The van der Waals surface area contributed by atoms with Crippen LogP contribution in [0.25, 0.3) is 10.8 Å². The van der Waals surface area contributed by atoms with Crippen LogP contribution in [0.15, 0.2) is 42.5 Å².